The standard InChI is InChI=1S/C6H14.4FH.H4Si/c1-3-5-6-4-2;;;;;/h3-6H2,1-2H3;4*1H;1H4. The lowest BCUT2D eigenvalue weighted by Gasteiger charge is -1.86. The van der Waals surface area contributed by atoms with Crippen molar-refractivity contribution in [1.82, 2.24) is 0 Å². The molecule has 0 fully saturated rings. The Bertz CT molecular complexity index is 26.5. The van der Waals surface area contributed by atoms with Gasteiger partial charge in [0, 0.05) is 0 Å². The lowest BCUT2D eigenvalue weighted by Crippen LogP contribution is -1.66. The molecule has 0 heterocycles. The summed E-state index contributed by atoms with van der Waals surface area (Å²) in [5.41, 5.74) is 0. The van der Waals surface area contributed by atoms with E-state index in [1.54, 1.807) is 0 Å². The smallest absolute Gasteiger partial charge is 0.0149 e. The molecule has 5 heteroatoms. The van der Waals surface area contributed by atoms with Gasteiger partial charge in [-0.25, -0.2) is 0 Å². The third kappa shape index (κ3) is 72.6. The van der Waals surface area contributed by atoms with Crippen LogP contribution in [0.4, 0.5) is 18.8 Å². The van der Waals surface area contributed by atoms with Gasteiger partial charge in [-0.15, -0.1) is 0 Å². The summed E-state index contributed by atoms with van der Waals surface area (Å²) in [4.78, 5) is 0. The van der Waals surface area contributed by atoms with Crippen LogP contribution in [0.1, 0.15) is 39.5 Å². The molecule has 0 radical (unpaired) electrons. The molecule has 0 aliphatic heterocycles. The van der Waals surface area contributed by atoms with Crippen LogP contribution in [0.5, 0.6) is 0 Å². The van der Waals surface area contributed by atoms with Crippen molar-refractivity contribution in [1.29, 1.82) is 0 Å². The van der Waals surface area contributed by atoms with Crippen LogP contribution in [0.25, 0.3) is 0 Å². The Kier molecular flexibility index (Phi) is 206. The van der Waals surface area contributed by atoms with Gasteiger partial charge in [0.2, 0.25) is 0 Å². The molecule has 0 unspecified atom stereocenters. The maximum absolute atomic E-state index is 2.23. The molecule has 11 heavy (non-hydrogen) atoms. The van der Waals surface area contributed by atoms with Crippen molar-refractivity contribution in [2.45, 2.75) is 39.5 Å². The van der Waals surface area contributed by atoms with Gasteiger partial charge in [0.15, 0.2) is 0 Å². The fraction of sp³-hybridized carbons (Fsp3) is 1.00. The summed E-state index contributed by atoms with van der Waals surface area (Å²) in [5, 5.41) is 0. The van der Waals surface area contributed by atoms with E-state index < -0.39 is 0 Å². The van der Waals surface area contributed by atoms with E-state index in [0.29, 0.717) is 0 Å². The van der Waals surface area contributed by atoms with Crippen molar-refractivity contribution in [2.24, 2.45) is 0 Å². The first-order valence-electron chi connectivity index (χ1n) is 2.91. The maximum atomic E-state index is 2.23. The molecule has 0 amide bonds. The monoisotopic (exact) mass is 198 g/mol. The van der Waals surface area contributed by atoms with Crippen LogP contribution in [0.2, 0.25) is 0 Å². The number of hydrogen-bond acceptors (Lipinski definition) is 0. The highest BCUT2D eigenvalue weighted by Crippen LogP contribution is 1.95. The molecule has 0 N–H and O–H groups in total. The predicted octanol–water partition coefficient (Wildman–Crippen LogP) is 1.75. The molecule has 0 nitrogen and oxygen atoms in total. The van der Waals surface area contributed by atoms with Gasteiger partial charge in [-0.2, -0.15) is 0 Å². The van der Waals surface area contributed by atoms with E-state index >= 15 is 0 Å². The first kappa shape index (κ1) is 44.3. The minimum Gasteiger partial charge on any atom is -0.269 e. The van der Waals surface area contributed by atoms with Crippen molar-refractivity contribution in [3.05, 3.63) is 0 Å². The number of unbranched alkanes of at least 4 members (excludes halogenated alkanes) is 3. The molecule has 78 valence electrons. The third-order valence-corrected chi connectivity index (χ3v) is 0.957. The van der Waals surface area contributed by atoms with E-state index in [9.17, 15) is 0 Å². The Balaban J connectivity index is -0.0000000125. The Labute approximate surface area is 70.3 Å². The maximum Gasteiger partial charge on any atom is -0.0149 e. The lowest BCUT2D eigenvalue weighted by molar-refractivity contribution is 0.702. The predicted molar refractivity (Wildman–Crippen MR) is 51.2 cm³/mol. The summed E-state index contributed by atoms with van der Waals surface area (Å²) in [7, 11) is 0. The number of halogens is 4. The zero-order valence-corrected chi connectivity index (χ0v) is 6.46. The molecule has 0 atom stereocenters. The van der Waals surface area contributed by atoms with E-state index in [4.69, 9.17) is 0 Å². The van der Waals surface area contributed by atoms with Gasteiger partial charge in [0.25, 0.3) is 0 Å². The number of rotatable bonds is 3. The van der Waals surface area contributed by atoms with Crippen LogP contribution in [0, 0.1) is 0 Å². The second-order valence-electron chi connectivity index (χ2n) is 1.71. The molecule has 0 aliphatic rings. The van der Waals surface area contributed by atoms with Gasteiger partial charge in [0.1, 0.15) is 0 Å². The zero-order chi connectivity index (χ0) is 4.83. The summed E-state index contributed by atoms with van der Waals surface area (Å²) in [6, 6.07) is 0. The van der Waals surface area contributed by atoms with Crippen LogP contribution in [0.15, 0.2) is 0 Å². The minimum absolute atomic E-state index is 0. The Hall–Kier alpha value is -0.0631. The minimum atomic E-state index is 0. The molecular weight excluding hydrogens is 176 g/mol. The van der Waals surface area contributed by atoms with Gasteiger partial charge in [-0.1, -0.05) is 39.5 Å². The van der Waals surface area contributed by atoms with E-state index in [-0.39, 0.29) is 29.8 Å². The third-order valence-electron chi connectivity index (χ3n) is 0.957. The molecular formula is C6H22F4Si. The van der Waals surface area contributed by atoms with E-state index in [1.807, 2.05) is 0 Å². The molecule has 0 aromatic heterocycles. The Morgan fingerprint density at radius 3 is 0.909 bits per heavy atom. The fourth-order valence-electron chi connectivity index (χ4n) is 0.500. The zero-order valence-electron chi connectivity index (χ0n) is 6.46. The second-order valence-corrected chi connectivity index (χ2v) is 1.71. The average molecular weight is 198 g/mol. The molecule has 0 saturated carbocycles. The summed E-state index contributed by atoms with van der Waals surface area (Å²) < 4.78 is 0. The van der Waals surface area contributed by atoms with Crippen LogP contribution in [0.3, 0.4) is 0 Å². The van der Waals surface area contributed by atoms with Gasteiger partial charge >= 0.3 is 0 Å². The first-order valence-corrected chi connectivity index (χ1v) is 2.91. The Morgan fingerprint density at radius 2 is 0.818 bits per heavy atom. The summed E-state index contributed by atoms with van der Waals surface area (Å²) in [5.74, 6) is 0. The normalized spacial score (nSPS) is 4.91. The highest BCUT2D eigenvalue weighted by atomic mass is 28.1. The van der Waals surface area contributed by atoms with Gasteiger partial charge in [-0.05, 0) is 11.0 Å². The summed E-state index contributed by atoms with van der Waals surface area (Å²) in [6.07, 6.45) is 5.54. The van der Waals surface area contributed by atoms with Crippen LogP contribution < -0.4 is 0 Å². The lowest BCUT2D eigenvalue weighted by atomic mass is 10.2. The fourth-order valence-corrected chi connectivity index (χ4v) is 0.500. The van der Waals surface area contributed by atoms with E-state index in [2.05, 4.69) is 13.8 Å². The summed E-state index contributed by atoms with van der Waals surface area (Å²) >= 11 is 0. The highest BCUT2D eigenvalue weighted by molar-refractivity contribution is 5.75. The molecule has 0 aromatic rings. The van der Waals surface area contributed by atoms with Crippen LogP contribution in [-0.2, 0) is 0 Å². The van der Waals surface area contributed by atoms with Crippen molar-refractivity contribution >= 4 is 11.0 Å². The quantitative estimate of drug-likeness (QED) is 0.368. The van der Waals surface area contributed by atoms with Crippen molar-refractivity contribution in [3.63, 3.8) is 0 Å². The molecule has 0 saturated heterocycles. The van der Waals surface area contributed by atoms with Gasteiger partial charge < -0.3 is 0 Å². The SMILES string of the molecule is CCCCCC.F.F.F.F.[SiH4]. The molecule has 0 bridgehead atoms. The van der Waals surface area contributed by atoms with Crippen LogP contribution >= 0.6 is 0 Å². The molecule has 0 spiro atoms. The first-order chi connectivity index (χ1) is 2.91. The van der Waals surface area contributed by atoms with Crippen LogP contribution in [-0.4, -0.2) is 11.0 Å². The number of hydrogen-bond donors (Lipinski definition) is 0. The van der Waals surface area contributed by atoms with E-state index in [0.717, 1.165) is 0 Å². The topological polar surface area (TPSA) is 0 Å². The van der Waals surface area contributed by atoms with Crippen molar-refractivity contribution in [2.75, 3.05) is 0 Å². The molecule has 0 aromatic carbocycles. The summed E-state index contributed by atoms with van der Waals surface area (Å²) in [6.45, 7) is 4.46. The van der Waals surface area contributed by atoms with Gasteiger partial charge in [-0.3, -0.25) is 18.8 Å². The Morgan fingerprint density at radius 1 is 0.636 bits per heavy atom. The average Bonchev–Trinajstić information content (AvgIpc) is 1.61. The van der Waals surface area contributed by atoms with E-state index in [1.165, 1.54) is 25.7 Å². The van der Waals surface area contributed by atoms with Gasteiger partial charge in [0.05, 0.1) is 0 Å². The van der Waals surface area contributed by atoms with Crippen molar-refractivity contribution < 1.29 is 18.8 Å². The molecule has 0 rings (SSSR count). The molecule has 0 aliphatic carbocycles. The van der Waals surface area contributed by atoms with Crippen molar-refractivity contribution in [3.8, 4) is 0 Å². The largest absolute Gasteiger partial charge is 0.269 e. The second kappa shape index (κ2) is 51.2. The highest BCUT2D eigenvalue weighted by Gasteiger charge is 1.75.